The van der Waals surface area contributed by atoms with Gasteiger partial charge in [-0.25, -0.2) is 0 Å². The summed E-state index contributed by atoms with van der Waals surface area (Å²) in [5.74, 6) is 0.643. The van der Waals surface area contributed by atoms with Gasteiger partial charge in [0.1, 0.15) is 11.6 Å². The highest BCUT2D eigenvalue weighted by molar-refractivity contribution is 5.86. The van der Waals surface area contributed by atoms with Crippen LogP contribution in [0.2, 0.25) is 0 Å². The third-order valence-electron chi connectivity index (χ3n) is 3.38. The Labute approximate surface area is 92.4 Å². The monoisotopic (exact) mass is 210 g/mol. The van der Waals surface area contributed by atoms with E-state index in [4.69, 9.17) is 0 Å². The predicted octanol–water partition coefficient (Wildman–Crippen LogP) is 3.14. The first-order valence-electron chi connectivity index (χ1n) is 5.93. The number of hydrogen-bond acceptors (Lipinski definition) is 2. The molecule has 1 fully saturated rings. The van der Waals surface area contributed by atoms with E-state index >= 15 is 0 Å². The molecule has 0 aromatic carbocycles. The summed E-state index contributed by atoms with van der Waals surface area (Å²) in [6.07, 6.45) is 5.29. The fourth-order valence-corrected chi connectivity index (χ4v) is 2.48. The summed E-state index contributed by atoms with van der Waals surface area (Å²) in [6, 6.07) is 0. The van der Waals surface area contributed by atoms with Gasteiger partial charge in [-0.05, 0) is 31.6 Å². The smallest absolute Gasteiger partial charge is 0.136 e. The van der Waals surface area contributed by atoms with Crippen LogP contribution in [-0.2, 0) is 9.59 Å². The second-order valence-corrected chi connectivity index (χ2v) is 5.63. The van der Waals surface area contributed by atoms with E-state index in [9.17, 15) is 9.59 Å². The van der Waals surface area contributed by atoms with Crippen LogP contribution in [-0.4, -0.2) is 11.6 Å². The summed E-state index contributed by atoms with van der Waals surface area (Å²) < 4.78 is 0. The van der Waals surface area contributed by atoms with E-state index in [0.29, 0.717) is 24.0 Å². The summed E-state index contributed by atoms with van der Waals surface area (Å²) in [5, 5.41) is 0. The normalized spacial score (nSPS) is 24.9. The Bertz CT molecular complexity index is 253. The van der Waals surface area contributed by atoms with Crippen LogP contribution in [0.5, 0.6) is 0 Å². The zero-order valence-electron chi connectivity index (χ0n) is 10.1. The summed E-state index contributed by atoms with van der Waals surface area (Å²) in [7, 11) is 0. The molecule has 0 radical (unpaired) electrons. The molecule has 1 saturated carbocycles. The molecule has 0 heterocycles. The van der Waals surface area contributed by atoms with Crippen molar-refractivity contribution in [2.45, 2.75) is 59.3 Å². The van der Waals surface area contributed by atoms with E-state index in [2.05, 4.69) is 13.8 Å². The van der Waals surface area contributed by atoms with Crippen LogP contribution in [0.3, 0.4) is 0 Å². The van der Waals surface area contributed by atoms with Gasteiger partial charge in [0.05, 0.1) is 0 Å². The van der Waals surface area contributed by atoms with Crippen LogP contribution in [0, 0.1) is 11.3 Å². The van der Waals surface area contributed by atoms with Crippen molar-refractivity contribution in [3.05, 3.63) is 0 Å². The van der Waals surface area contributed by atoms with E-state index in [1.807, 2.05) is 0 Å². The van der Waals surface area contributed by atoms with Crippen molar-refractivity contribution in [2.75, 3.05) is 0 Å². The van der Waals surface area contributed by atoms with Crippen LogP contribution in [0.25, 0.3) is 0 Å². The summed E-state index contributed by atoms with van der Waals surface area (Å²) in [6.45, 7) is 6.02. The zero-order chi connectivity index (χ0) is 11.5. The van der Waals surface area contributed by atoms with Crippen molar-refractivity contribution in [1.82, 2.24) is 0 Å². The minimum atomic E-state index is 0.124. The minimum Gasteiger partial charge on any atom is -0.300 e. The molecule has 1 aliphatic carbocycles. The van der Waals surface area contributed by atoms with Gasteiger partial charge in [-0.15, -0.1) is 0 Å². The van der Waals surface area contributed by atoms with Gasteiger partial charge in [0.2, 0.25) is 0 Å². The molecule has 0 amide bonds. The topological polar surface area (TPSA) is 34.1 Å². The number of Topliss-reactive ketones (excluding diaryl/α,β-unsaturated/α-hetero) is 2. The molecule has 1 unspecified atom stereocenters. The Morgan fingerprint density at radius 2 is 1.93 bits per heavy atom. The molecule has 0 aromatic heterocycles. The summed E-state index contributed by atoms with van der Waals surface area (Å²) in [5.41, 5.74) is 0.314. The second-order valence-electron chi connectivity index (χ2n) is 5.63. The average Bonchev–Trinajstić information content (AvgIpc) is 2.12. The molecule has 2 heteroatoms. The zero-order valence-corrected chi connectivity index (χ0v) is 10.1. The predicted molar refractivity (Wildman–Crippen MR) is 60.7 cm³/mol. The molecule has 1 atom stereocenters. The van der Waals surface area contributed by atoms with Gasteiger partial charge >= 0.3 is 0 Å². The Kier molecular flexibility index (Phi) is 4.06. The maximum atomic E-state index is 11.8. The molecular weight excluding hydrogens is 188 g/mol. The number of ketones is 2. The molecule has 1 rings (SSSR count). The van der Waals surface area contributed by atoms with Crippen molar-refractivity contribution < 1.29 is 9.59 Å². The van der Waals surface area contributed by atoms with E-state index in [-0.39, 0.29) is 11.7 Å². The lowest BCUT2D eigenvalue weighted by Crippen LogP contribution is -2.28. The Hall–Kier alpha value is -0.660. The van der Waals surface area contributed by atoms with Crippen LogP contribution in [0.15, 0.2) is 0 Å². The molecule has 15 heavy (non-hydrogen) atoms. The molecule has 0 saturated heterocycles. The molecule has 86 valence electrons. The third-order valence-corrected chi connectivity index (χ3v) is 3.38. The first kappa shape index (κ1) is 12.4. The largest absolute Gasteiger partial charge is 0.300 e. The first-order chi connectivity index (χ1) is 6.91. The molecular formula is C13H22O2. The first-order valence-corrected chi connectivity index (χ1v) is 5.93. The SMILES string of the molecule is CC(=O)CCC(=O)C1CCCC(C)(C)C1. The highest BCUT2D eigenvalue weighted by Crippen LogP contribution is 2.39. The highest BCUT2D eigenvalue weighted by atomic mass is 16.1. The lowest BCUT2D eigenvalue weighted by atomic mass is 9.70. The number of rotatable bonds is 4. The van der Waals surface area contributed by atoms with Crippen molar-refractivity contribution in [1.29, 1.82) is 0 Å². The van der Waals surface area contributed by atoms with Gasteiger partial charge in [-0.3, -0.25) is 4.79 Å². The second kappa shape index (κ2) is 4.91. The van der Waals surface area contributed by atoms with Gasteiger partial charge < -0.3 is 4.79 Å². The Morgan fingerprint density at radius 1 is 1.27 bits per heavy atom. The summed E-state index contributed by atoms with van der Waals surface area (Å²) >= 11 is 0. The molecule has 2 nitrogen and oxygen atoms in total. The van der Waals surface area contributed by atoms with E-state index in [0.717, 1.165) is 19.3 Å². The fourth-order valence-electron chi connectivity index (χ4n) is 2.48. The molecule has 1 aliphatic rings. The average molecular weight is 210 g/mol. The number of carbonyl (C=O) groups is 2. The van der Waals surface area contributed by atoms with Gasteiger partial charge in [0.25, 0.3) is 0 Å². The van der Waals surface area contributed by atoms with Crippen LogP contribution >= 0.6 is 0 Å². The molecule has 0 bridgehead atoms. The van der Waals surface area contributed by atoms with Crippen molar-refractivity contribution in [2.24, 2.45) is 11.3 Å². The molecule has 0 aliphatic heterocycles. The van der Waals surface area contributed by atoms with E-state index < -0.39 is 0 Å². The Morgan fingerprint density at radius 3 is 2.47 bits per heavy atom. The maximum Gasteiger partial charge on any atom is 0.136 e. The van der Waals surface area contributed by atoms with Crippen LogP contribution < -0.4 is 0 Å². The lowest BCUT2D eigenvalue weighted by molar-refractivity contribution is -0.127. The number of hydrogen-bond donors (Lipinski definition) is 0. The fraction of sp³-hybridized carbons (Fsp3) is 0.846. The molecule has 0 aromatic rings. The Balaban J connectivity index is 2.42. The lowest BCUT2D eigenvalue weighted by Gasteiger charge is -2.34. The maximum absolute atomic E-state index is 11.8. The van der Waals surface area contributed by atoms with Gasteiger partial charge in [0, 0.05) is 18.8 Å². The van der Waals surface area contributed by atoms with E-state index in [1.165, 1.54) is 6.42 Å². The highest BCUT2D eigenvalue weighted by Gasteiger charge is 2.31. The van der Waals surface area contributed by atoms with Gasteiger partial charge in [0.15, 0.2) is 0 Å². The van der Waals surface area contributed by atoms with Gasteiger partial charge in [-0.1, -0.05) is 20.3 Å². The summed E-state index contributed by atoms with van der Waals surface area (Å²) in [4.78, 5) is 22.6. The molecule has 0 N–H and O–H groups in total. The minimum absolute atomic E-state index is 0.124. The quantitative estimate of drug-likeness (QED) is 0.714. The standard InChI is InChI=1S/C13H22O2/c1-10(14)6-7-12(15)11-5-4-8-13(2,3)9-11/h11H,4-9H2,1-3H3. The van der Waals surface area contributed by atoms with Crippen LogP contribution in [0.4, 0.5) is 0 Å². The van der Waals surface area contributed by atoms with Crippen molar-refractivity contribution in [3.63, 3.8) is 0 Å². The van der Waals surface area contributed by atoms with E-state index in [1.54, 1.807) is 6.92 Å². The molecule has 0 spiro atoms. The van der Waals surface area contributed by atoms with Crippen LogP contribution in [0.1, 0.15) is 59.3 Å². The third kappa shape index (κ3) is 4.15. The van der Waals surface area contributed by atoms with Crippen molar-refractivity contribution >= 4 is 11.6 Å². The number of carbonyl (C=O) groups excluding carboxylic acids is 2. The van der Waals surface area contributed by atoms with Crippen molar-refractivity contribution in [3.8, 4) is 0 Å². The van der Waals surface area contributed by atoms with Gasteiger partial charge in [-0.2, -0.15) is 0 Å².